The van der Waals surface area contributed by atoms with Gasteiger partial charge in [0, 0.05) is 26.6 Å². The first kappa shape index (κ1) is 12.2. The Labute approximate surface area is 92.8 Å². The number of carbonyl (C=O) groups excluding carboxylic acids is 1. The maximum atomic E-state index is 11.6. The van der Waals surface area contributed by atoms with Gasteiger partial charge in [-0.2, -0.15) is 5.10 Å². The lowest BCUT2D eigenvalue weighted by atomic mass is 10.4. The number of nitrogens with one attached hydrogen (secondary N) is 1. The van der Waals surface area contributed by atoms with E-state index in [1.807, 2.05) is 19.5 Å². The van der Waals surface area contributed by atoms with Crippen molar-refractivity contribution in [3.8, 4) is 0 Å². The number of rotatable bonds is 4. The molecule has 1 rings (SSSR count). The molecule has 88 valence electrons. The average Bonchev–Trinajstić information content (AvgIpc) is 2.26. The second kappa shape index (κ2) is 5.26. The summed E-state index contributed by atoms with van der Waals surface area (Å²) in [5, 5.41) is 3.95. The van der Waals surface area contributed by atoms with Gasteiger partial charge in [-0.1, -0.05) is 0 Å². The monoisotopic (exact) mass is 225 g/mol. The zero-order chi connectivity index (χ0) is 12.1. The maximum Gasteiger partial charge on any atom is 0.268 e. The number of aryl methyl sites for hydroxylation is 1. The molecule has 7 heteroatoms. The summed E-state index contributed by atoms with van der Waals surface area (Å²) in [6.07, 6.45) is 1.70. The molecule has 0 atom stereocenters. The van der Waals surface area contributed by atoms with E-state index in [-0.39, 0.29) is 24.4 Å². The molecule has 0 radical (unpaired) electrons. The molecule has 0 aliphatic carbocycles. The van der Waals surface area contributed by atoms with Gasteiger partial charge in [-0.25, -0.2) is 10.5 Å². The molecule has 0 aliphatic heterocycles. The number of nitrogens with two attached hydrogens (primary N) is 1. The Kier molecular flexibility index (Phi) is 4.01. The van der Waals surface area contributed by atoms with Gasteiger partial charge in [-0.05, 0) is 0 Å². The number of hydrazine groups is 1. The molecule has 0 saturated heterocycles. The minimum atomic E-state index is -0.328. The highest BCUT2D eigenvalue weighted by Gasteiger charge is 2.04. The fourth-order valence-corrected chi connectivity index (χ4v) is 1.12. The second-order valence-corrected chi connectivity index (χ2v) is 3.49. The molecule has 1 amide bonds. The van der Waals surface area contributed by atoms with Crippen LogP contribution >= 0.6 is 0 Å². The molecule has 0 bridgehead atoms. The highest BCUT2D eigenvalue weighted by Crippen LogP contribution is 2.03. The van der Waals surface area contributed by atoms with Crippen molar-refractivity contribution in [1.29, 1.82) is 0 Å². The number of aromatic nitrogens is 2. The van der Waals surface area contributed by atoms with Gasteiger partial charge in [0.2, 0.25) is 5.91 Å². The van der Waals surface area contributed by atoms with Crippen molar-refractivity contribution in [2.75, 3.05) is 19.0 Å². The van der Waals surface area contributed by atoms with Crippen molar-refractivity contribution in [3.63, 3.8) is 0 Å². The van der Waals surface area contributed by atoms with Crippen LogP contribution < -0.4 is 21.7 Å². The average molecular weight is 225 g/mol. The Bertz CT molecular complexity index is 426. The first-order chi connectivity index (χ1) is 7.54. The van der Waals surface area contributed by atoms with Crippen molar-refractivity contribution >= 4 is 11.6 Å². The summed E-state index contributed by atoms with van der Waals surface area (Å²) in [5.74, 6) is 4.60. The van der Waals surface area contributed by atoms with Crippen LogP contribution in [0.2, 0.25) is 0 Å². The van der Waals surface area contributed by atoms with E-state index in [0.717, 1.165) is 5.69 Å². The second-order valence-electron chi connectivity index (χ2n) is 3.49. The van der Waals surface area contributed by atoms with Crippen LogP contribution in [0.3, 0.4) is 0 Å². The fourth-order valence-electron chi connectivity index (χ4n) is 1.12. The Hall–Kier alpha value is -1.89. The van der Waals surface area contributed by atoms with Crippen molar-refractivity contribution < 1.29 is 4.79 Å². The predicted octanol–water partition coefficient (Wildman–Crippen LogP) is -1.31. The van der Waals surface area contributed by atoms with Gasteiger partial charge in [0.25, 0.3) is 5.56 Å². The first-order valence-corrected chi connectivity index (χ1v) is 4.78. The summed E-state index contributed by atoms with van der Waals surface area (Å²) < 4.78 is 1.22. The van der Waals surface area contributed by atoms with Gasteiger partial charge in [-0.15, -0.1) is 0 Å². The summed E-state index contributed by atoms with van der Waals surface area (Å²) in [6.45, 7) is 0.218. The van der Waals surface area contributed by atoms with Crippen LogP contribution in [0.1, 0.15) is 6.42 Å². The molecule has 0 spiro atoms. The molecule has 0 fully saturated rings. The fraction of sp³-hybridized carbons (Fsp3) is 0.444. The van der Waals surface area contributed by atoms with Crippen LogP contribution in [0.4, 0.5) is 5.69 Å². The topological polar surface area (TPSA) is 93.2 Å². The normalized spacial score (nSPS) is 9.94. The SMILES string of the molecule is CN(C)c1cnn(CCC(=O)NN)c(=O)c1. The summed E-state index contributed by atoms with van der Waals surface area (Å²) in [4.78, 5) is 24.2. The molecule has 0 saturated carbocycles. The molecule has 1 heterocycles. The van der Waals surface area contributed by atoms with E-state index in [2.05, 4.69) is 5.10 Å². The van der Waals surface area contributed by atoms with Crippen LogP contribution in [0.5, 0.6) is 0 Å². The molecule has 0 aliphatic rings. The van der Waals surface area contributed by atoms with Crippen LogP contribution in [-0.4, -0.2) is 29.8 Å². The quantitative estimate of drug-likeness (QED) is 0.377. The molecular formula is C9H15N5O2. The smallest absolute Gasteiger partial charge is 0.268 e. The Morgan fingerprint density at radius 1 is 1.62 bits per heavy atom. The summed E-state index contributed by atoms with van der Waals surface area (Å²) in [6, 6.07) is 1.47. The lowest BCUT2D eigenvalue weighted by Gasteiger charge is -2.12. The van der Waals surface area contributed by atoms with E-state index in [4.69, 9.17) is 5.84 Å². The highest BCUT2D eigenvalue weighted by molar-refractivity contribution is 5.74. The van der Waals surface area contributed by atoms with E-state index >= 15 is 0 Å². The number of hydrogen-bond acceptors (Lipinski definition) is 5. The maximum absolute atomic E-state index is 11.6. The van der Waals surface area contributed by atoms with Crippen molar-refractivity contribution in [1.82, 2.24) is 15.2 Å². The minimum absolute atomic E-state index is 0.130. The third-order valence-electron chi connectivity index (χ3n) is 2.08. The molecule has 16 heavy (non-hydrogen) atoms. The van der Waals surface area contributed by atoms with E-state index in [1.54, 1.807) is 11.1 Å². The largest absolute Gasteiger partial charge is 0.376 e. The third-order valence-corrected chi connectivity index (χ3v) is 2.08. The van der Waals surface area contributed by atoms with Gasteiger partial charge < -0.3 is 4.90 Å². The van der Waals surface area contributed by atoms with Crippen molar-refractivity contribution in [2.24, 2.45) is 5.84 Å². The lowest BCUT2D eigenvalue weighted by Crippen LogP contribution is -2.32. The molecule has 7 nitrogen and oxygen atoms in total. The highest BCUT2D eigenvalue weighted by atomic mass is 16.2. The molecule has 0 aromatic carbocycles. The molecule has 1 aromatic heterocycles. The van der Waals surface area contributed by atoms with Gasteiger partial charge in [0.15, 0.2) is 0 Å². The van der Waals surface area contributed by atoms with Gasteiger partial charge in [-0.3, -0.25) is 15.0 Å². The number of nitrogens with zero attached hydrogens (tertiary/aromatic N) is 3. The standard InChI is InChI=1S/C9H15N5O2/c1-13(2)7-5-9(16)14(11-6-7)4-3-8(15)12-10/h5-6H,3-4,10H2,1-2H3,(H,12,15). The molecule has 0 unspecified atom stereocenters. The van der Waals surface area contributed by atoms with Gasteiger partial charge in [0.05, 0.1) is 18.4 Å². The van der Waals surface area contributed by atoms with E-state index < -0.39 is 0 Å². The van der Waals surface area contributed by atoms with Crippen LogP contribution in [-0.2, 0) is 11.3 Å². The van der Waals surface area contributed by atoms with Crippen LogP contribution in [0.25, 0.3) is 0 Å². The first-order valence-electron chi connectivity index (χ1n) is 4.78. The molecular weight excluding hydrogens is 210 g/mol. The van der Waals surface area contributed by atoms with E-state index in [0.29, 0.717) is 0 Å². The Morgan fingerprint density at radius 3 is 2.81 bits per heavy atom. The predicted molar refractivity (Wildman–Crippen MR) is 59.8 cm³/mol. The van der Waals surface area contributed by atoms with Crippen molar-refractivity contribution in [3.05, 3.63) is 22.6 Å². The molecule has 3 N–H and O–H groups in total. The summed E-state index contributed by atoms with van der Waals surface area (Å²) in [5.41, 5.74) is 2.48. The summed E-state index contributed by atoms with van der Waals surface area (Å²) in [7, 11) is 3.64. The Balaban J connectivity index is 2.76. The third kappa shape index (κ3) is 3.06. The molecule has 1 aromatic rings. The number of hydrogen-bond donors (Lipinski definition) is 2. The minimum Gasteiger partial charge on any atom is -0.376 e. The Morgan fingerprint density at radius 2 is 2.31 bits per heavy atom. The van der Waals surface area contributed by atoms with Gasteiger partial charge in [0.1, 0.15) is 0 Å². The number of carbonyl (C=O) groups is 1. The van der Waals surface area contributed by atoms with Crippen LogP contribution in [0, 0.1) is 0 Å². The number of anilines is 1. The van der Waals surface area contributed by atoms with Gasteiger partial charge >= 0.3 is 0 Å². The van der Waals surface area contributed by atoms with E-state index in [9.17, 15) is 9.59 Å². The summed E-state index contributed by atoms with van der Waals surface area (Å²) >= 11 is 0. The van der Waals surface area contributed by atoms with Crippen molar-refractivity contribution in [2.45, 2.75) is 13.0 Å². The van der Waals surface area contributed by atoms with Crippen LogP contribution in [0.15, 0.2) is 17.1 Å². The lowest BCUT2D eigenvalue weighted by molar-refractivity contribution is -0.121. The van der Waals surface area contributed by atoms with E-state index in [1.165, 1.54) is 10.7 Å². The number of amides is 1. The zero-order valence-corrected chi connectivity index (χ0v) is 9.30. The zero-order valence-electron chi connectivity index (χ0n) is 9.30.